The monoisotopic (exact) mass is 290 g/mol. The van der Waals surface area contributed by atoms with Crippen molar-refractivity contribution in [1.29, 1.82) is 0 Å². The van der Waals surface area contributed by atoms with Crippen molar-refractivity contribution in [2.24, 2.45) is 0 Å². The molecule has 1 aliphatic rings. The summed E-state index contributed by atoms with van der Waals surface area (Å²) in [5, 5.41) is 0.290. The van der Waals surface area contributed by atoms with Gasteiger partial charge in [0.2, 0.25) is 0 Å². The molecular weight excluding hydrogens is 260 g/mol. The number of rotatable bonds is 3. The lowest BCUT2D eigenvalue weighted by Gasteiger charge is -2.36. The van der Waals surface area contributed by atoms with Gasteiger partial charge in [0.15, 0.2) is 8.32 Å². The molecule has 0 fully saturated rings. The minimum absolute atomic E-state index is 0.290. The van der Waals surface area contributed by atoms with Gasteiger partial charge in [0, 0.05) is 0 Å². The molecule has 2 rings (SSSR count). The molecule has 0 saturated heterocycles. The van der Waals surface area contributed by atoms with Crippen LogP contribution in [-0.4, -0.2) is 8.32 Å². The van der Waals surface area contributed by atoms with Gasteiger partial charge in [-0.05, 0) is 60.5 Å². The molecule has 2 heteroatoms. The van der Waals surface area contributed by atoms with E-state index in [2.05, 4.69) is 52.1 Å². The first-order chi connectivity index (χ1) is 9.31. The standard InChI is InChI=1S/C18H30OSi/c1-18(2,3)20(4,5)19-14-16-12-9-11-15-10-7-6-8-13-17(15)16/h9,11-12H,6-8,10,13-14H2,1-5H3. The zero-order chi connectivity index (χ0) is 14.8. The molecule has 0 spiro atoms. The lowest BCUT2D eigenvalue weighted by Crippen LogP contribution is -2.40. The van der Waals surface area contributed by atoms with Crippen molar-refractivity contribution in [3.63, 3.8) is 0 Å². The molecule has 1 aromatic carbocycles. The zero-order valence-electron chi connectivity index (χ0n) is 13.9. The van der Waals surface area contributed by atoms with E-state index in [4.69, 9.17) is 4.43 Å². The maximum atomic E-state index is 6.43. The minimum Gasteiger partial charge on any atom is -0.413 e. The molecule has 1 aliphatic carbocycles. The largest absolute Gasteiger partial charge is 0.413 e. The molecule has 0 aliphatic heterocycles. The van der Waals surface area contributed by atoms with Gasteiger partial charge in [0.05, 0.1) is 6.61 Å². The number of fused-ring (bicyclic) bond motifs is 1. The third-order valence-corrected chi connectivity index (χ3v) is 9.62. The Morgan fingerprint density at radius 3 is 2.45 bits per heavy atom. The molecule has 0 saturated carbocycles. The summed E-state index contributed by atoms with van der Waals surface area (Å²) in [4.78, 5) is 0. The summed E-state index contributed by atoms with van der Waals surface area (Å²) in [6.45, 7) is 12.4. The molecule has 1 aromatic rings. The minimum atomic E-state index is -1.65. The van der Waals surface area contributed by atoms with Crippen molar-refractivity contribution in [1.82, 2.24) is 0 Å². The second-order valence-corrected chi connectivity index (χ2v) is 12.5. The van der Waals surface area contributed by atoms with Crippen LogP contribution in [0.1, 0.15) is 56.7 Å². The smallest absolute Gasteiger partial charge is 0.192 e. The van der Waals surface area contributed by atoms with Crippen LogP contribution in [0.25, 0.3) is 0 Å². The Hall–Kier alpha value is -0.603. The predicted octanol–water partition coefficient (Wildman–Crippen LogP) is 5.48. The van der Waals surface area contributed by atoms with E-state index in [0.29, 0.717) is 5.04 Å². The summed E-state index contributed by atoms with van der Waals surface area (Å²) < 4.78 is 6.43. The van der Waals surface area contributed by atoms with Crippen molar-refractivity contribution in [2.75, 3.05) is 0 Å². The first kappa shape index (κ1) is 15.8. The Kier molecular flexibility index (Phi) is 4.75. The predicted molar refractivity (Wildman–Crippen MR) is 89.7 cm³/mol. The fourth-order valence-corrected chi connectivity index (χ4v) is 3.60. The molecule has 0 unspecified atom stereocenters. The van der Waals surface area contributed by atoms with Crippen molar-refractivity contribution in [3.05, 3.63) is 34.9 Å². The van der Waals surface area contributed by atoms with Crippen molar-refractivity contribution < 1.29 is 4.43 Å². The SMILES string of the molecule is CC(C)(C)[Si](C)(C)OCc1cccc2c1CCCCC2. The fourth-order valence-electron chi connectivity index (χ4n) is 2.65. The molecule has 0 heterocycles. The van der Waals surface area contributed by atoms with E-state index in [9.17, 15) is 0 Å². The van der Waals surface area contributed by atoms with E-state index >= 15 is 0 Å². The summed E-state index contributed by atoms with van der Waals surface area (Å²) >= 11 is 0. The molecule has 1 nitrogen and oxygen atoms in total. The first-order valence-electron chi connectivity index (χ1n) is 8.05. The average molecular weight is 291 g/mol. The molecular formula is C18H30OSi. The van der Waals surface area contributed by atoms with E-state index < -0.39 is 8.32 Å². The van der Waals surface area contributed by atoms with E-state index in [1.165, 1.54) is 37.7 Å². The van der Waals surface area contributed by atoms with Crippen molar-refractivity contribution in [3.8, 4) is 0 Å². The van der Waals surface area contributed by atoms with Gasteiger partial charge >= 0.3 is 0 Å². The zero-order valence-corrected chi connectivity index (χ0v) is 14.9. The van der Waals surface area contributed by atoms with E-state index in [-0.39, 0.29) is 0 Å². The highest BCUT2D eigenvalue weighted by Crippen LogP contribution is 2.37. The van der Waals surface area contributed by atoms with E-state index in [0.717, 1.165) is 6.61 Å². The second-order valence-electron chi connectivity index (χ2n) is 7.66. The number of hydrogen-bond acceptors (Lipinski definition) is 1. The van der Waals surface area contributed by atoms with Gasteiger partial charge in [-0.3, -0.25) is 0 Å². The maximum Gasteiger partial charge on any atom is 0.192 e. The van der Waals surface area contributed by atoms with Gasteiger partial charge < -0.3 is 4.43 Å². The molecule has 0 bridgehead atoms. The summed E-state index contributed by atoms with van der Waals surface area (Å²) in [5.41, 5.74) is 4.59. The van der Waals surface area contributed by atoms with Crippen molar-refractivity contribution in [2.45, 2.75) is 77.6 Å². The summed E-state index contributed by atoms with van der Waals surface area (Å²) in [6.07, 6.45) is 6.55. The maximum absolute atomic E-state index is 6.43. The third kappa shape index (κ3) is 3.53. The average Bonchev–Trinajstić information content (AvgIpc) is 2.60. The Bertz CT molecular complexity index is 457. The van der Waals surface area contributed by atoms with Crippen LogP contribution in [-0.2, 0) is 23.9 Å². The van der Waals surface area contributed by atoms with E-state index in [1.807, 2.05) is 0 Å². The lowest BCUT2D eigenvalue weighted by atomic mass is 9.98. The Morgan fingerprint density at radius 2 is 1.75 bits per heavy atom. The van der Waals surface area contributed by atoms with Gasteiger partial charge in [-0.15, -0.1) is 0 Å². The van der Waals surface area contributed by atoms with Gasteiger partial charge in [0.25, 0.3) is 0 Å². The summed E-state index contributed by atoms with van der Waals surface area (Å²) in [5.74, 6) is 0. The lowest BCUT2D eigenvalue weighted by molar-refractivity contribution is 0.275. The molecule has 20 heavy (non-hydrogen) atoms. The van der Waals surface area contributed by atoms with Crippen LogP contribution in [0.5, 0.6) is 0 Å². The Labute approximate surface area is 125 Å². The van der Waals surface area contributed by atoms with Crippen LogP contribution in [0.4, 0.5) is 0 Å². The van der Waals surface area contributed by atoms with Gasteiger partial charge in [-0.25, -0.2) is 0 Å². The molecule has 0 amide bonds. The van der Waals surface area contributed by atoms with Gasteiger partial charge in [-0.1, -0.05) is 45.4 Å². The number of hydrogen-bond donors (Lipinski definition) is 0. The molecule has 0 aromatic heterocycles. The quantitative estimate of drug-likeness (QED) is 0.529. The van der Waals surface area contributed by atoms with Gasteiger partial charge in [-0.2, -0.15) is 0 Å². The number of benzene rings is 1. The molecule has 112 valence electrons. The first-order valence-corrected chi connectivity index (χ1v) is 11.0. The highest BCUT2D eigenvalue weighted by Gasteiger charge is 2.37. The summed E-state index contributed by atoms with van der Waals surface area (Å²) in [6, 6.07) is 6.81. The van der Waals surface area contributed by atoms with Crippen LogP contribution in [0.3, 0.4) is 0 Å². The third-order valence-electron chi connectivity index (χ3n) is 5.14. The number of aryl methyl sites for hydroxylation is 1. The van der Waals surface area contributed by atoms with E-state index in [1.54, 1.807) is 11.1 Å². The van der Waals surface area contributed by atoms with Crippen LogP contribution >= 0.6 is 0 Å². The Morgan fingerprint density at radius 1 is 1.05 bits per heavy atom. The van der Waals surface area contributed by atoms with Gasteiger partial charge in [0.1, 0.15) is 0 Å². The fraction of sp³-hybridized carbons (Fsp3) is 0.667. The normalized spacial score (nSPS) is 16.6. The molecule has 0 atom stereocenters. The van der Waals surface area contributed by atoms with Crippen molar-refractivity contribution >= 4 is 8.32 Å². The van der Waals surface area contributed by atoms with Crippen LogP contribution < -0.4 is 0 Å². The van der Waals surface area contributed by atoms with Crippen LogP contribution in [0, 0.1) is 0 Å². The molecule has 0 N–H and O–H groups in total. The second kappa shape index (κ2) is 6.03. The van der Waals surface area contributed by atoms with Crippen LogP contribution in [0.2, 0.25) is 18.1 Å². The summed E-state index contributed by atoms with van der Waals surface area (Å²) in [7, 11) is -1.65. The topological polar surface area (TPSA) is 9.23 Å². The van der Waals surface area contributed by atoms with Crippen LogP contribution in [0.15, 0.2) is 18.2 Å². The Balaban J connectivity index is 2.15. The molecule has 0 radical (unpaired) electrons. The highest BCUT2D eigenvalue weighted by atomic mass is 28.4. The highest BCUT2D eigenvalue weighted by molar-refractivity contribution is 6.74.